The van der Waals surface area contributed by atoms with Gasteiger partial charge in [0.25, 0.3) is 0 Å². The Morgan fingerprint density at radius 3 is 2.42 bits per heavy atom. The lowest BCUT2D eigenvalue weighted by Crippen LogP contribution is -2.23. The molecule has 0 bridgehead atoms. The first-order valence-corrected chi connectivity index (χ1v) is 7.38. The van der Waals surface area contributed by atoms with Crippen LogP contribution in [0, 0.1) is 0 Å². The first-order valence-electron chi connectivity index (χ1n) is 5.15. The van der Waals surface area contributed by atoms with E-state index in [1.165, 1.54) is 20.2 Å². The average molecular weight is 354 g/mol. The summed E-state index contributed by atoms with van der Waals surface area (Å²) in [6, 6.07) is 2.38. The quantitative estimate of drug-likeness (QED) is 0.776. The van der Waals surface area contributed by atoms with Crippen LogP contribution in [0.5, 0.6) is 0 Å². The molecular weight excluding hydrogens is 341 g/mol. The number of halogens is 2. The van der Waals surface area contributed by atoms with E-state index in [1.807, 2.05) is 0 Å². The minimum absolute atomic E-state index is 0.0661. The molecule has 0 aromatic heterocycles. The molecule has 5 nitrogen and oxygen atoms in total. The first kappa shape index (κ1) is 16.1. The molecule has 1 aromatic rings. The molecule has 0 unspecified atom stereocenters. The van der Waals surface area contributed by atoms with E-state index >= 15 is 0 Å². The minimum Gasteiger partial charge on any atom is -0.465 e. The van der Waals surface area contributed by atoms with Crippen molar-refractivity contribution in [2.75, 3.05) is 21.2 Å². The zero-order valence-electron chi connectivity index (χ0n) is 10.6. The summed E-state index contributed by atoms with van der Waals surface area (Å²) in [6.07, 6.45) is 0. The molecule has 0 saturated heterocycles. The third-order valence-electron chi connectivity index (χ3n) is 2.47. The maximum atomic E-state index is 12.9. The Balaban J connectivity index is 3.57. The first-order chi connectivity index (χ1) is 8.75. The van der Waals surface area contributed by atoms with Crippen molar-refractivity contribution < 1.29 is 22.3 Å². The summed E-state index contributed by atoms with van der Waals surface area (Å²) in [5.74, 6) is -0.782. The predicted molar refractivity (Wildman–Crippen MR) is 71.2 cm³/mol. The summed E-state index contributed by atoms with van der Waals surface area (Å²) in [7, 11) is 0.132. The van der Waals surface area contributed by atoms with Crippen molar-refractivity contribution in [2.45, 2.75) is 11.6 Å². The number of ether oxygens (including phenoxy) is 1. The van der Waals surface area contributed by atoms with E-state index in [0.29, 0.717) is 0 Å². The van der Waals surface area contributed by atoms with Gasteiger partial charge in [0, 0.05) is 18.6 Å². The number of carbonyl (C=O) groups excluding carboxylic acids is 1. The van der Waals surface area contributed by atoms with Crippen LogP contribution >= 0.6 is 15.9 Å². The van der Waals surface area contributed by atoms with Crippen molar-refractivity contribution in [1.82, 2.24) is 4.31 Å². The number of carbonyl (C=O) groups is 1. The van der Waals surface area contributed by atoms with Gasteiger partial charge >= 0.3 is 5.97 Å². The van der Waals surface area contributed by atoms with Crippen molar-refractivity contribution in [3.63, 3.8) is 0 Å². The molecule has 1 rings (SSSR count). The predicted octanol–water partition coefficient (Wildman–Crippen LogP) is 1.96. The van der Waals surface area contributed by atoms with Crippen molar-refractivity contribution in [3.8, 4) is 0 Å². The van der Waals surface area contributed by atoms with Gasteiger partial charge in [-0.1, -0.05) is 0 Å². The summed E-state index contributed by atoms with van der Waals surface area (Å²) < 4.78 is 42.7. The molecule has 0 saturated carbocycles. The van der Waals surface area contributed by atoms with Crippen LogP contribution in [0.15, 0.2) is 21.5 Å². The Bertz CT molecular complexity index is 601. The SMILES string of the molecule is COC(=O)c1cc(S(=O)(=O)N(C)C)c(Br)cc1CF. The van der Waals surface area contributed by atoms with Gasteiger partial charge in [0.1, 0.15) is 6.67 Å². The van der Waals surface area contributed by atoms with Crippen LogP contribution in [-0.4, -0.2) is 39.9 Å². The number of benzene rings is 1. The largest absolute Gasteiger partial charge is 0.465 e. The summed E-state index contributed by atoms with van der Waals surface area (Å²) in [4.78, 5) is 11.4. The number of methoxy groups -OCH3 is 1. The maximum Gasteiger partial charge on any atom is 0.338 e. The molecule has 0 atom stereocenters. The molecule has 8 heteroatoms. The number of esters is 1. The molecule has 1 aromatic carbocycles. The smallest absolute Gasteiger partial charge is 0.338 e. The van der Waals surface area contributed by atoms with Gasteiger partial charge < -0.3 is 4.74 Å². The van der Waals surface area contributed by atoms with E-state index < -0.39 is 22.7 Å². The van der Waals surface area contributed by atoms with Crippen LogP contribution in [-0.2, 0) is 21.4 Å². The van der Waals surface area contributed by atoms with Gasteiger partial charge in [0.05, 0.1) is 17.6 Å². The summed E-state index contributed by atoms with van der Waals surface area (Å²) in [5, 5.41) is 0. The van der Waals surface area contributed by atoms with Crippen LogP contribution in [0.1, 0.15) is 15.9 Å². The molecule has 106 valence electrons. The monoisotopic (exact) mass is 353 g/mol. The lowest BCUT2D eigenvalue weighted by atomic mass is 10.1. The number of rotatable bonds is 4. The molecule has 19 heavy (non-hydrogen) atoms. The maximum absolute atomic E-state index is 12.9. The van der Waals surface area contributed by atoms with Gasteiger partial charge in [0.15, 0.2) is 0 Å². The van der Waals surface area contributed by atoms with E-state index in [-0.39, 0.29) is 20.5 Å². The molecule has 0 fully saturated rings. The molecular formula is C11H13BrFNO4S. The van der Waals surface area contributed by atoms with Crippen molar-refractivity contribution in [3.05, 3.63) is 27.7 Å². The second-order valence-electron chi connectivity index (χ2n) is 3.85. The van der Waals surface area contributed by atoms with Crippen LogP contribution in [0.25, 0.3) is 0 Å². The molecule has 0 aliphatic heterocycles. The van der Waals surface area contributed by atoms with Crippen LogP contribution in [0.2, 0.25) is 0 Å². The van der Waals surface area contributed by atoms with Crippen LogP contribution in [0.3, 0.4) is 0 Å². The zero-order chi connectivity index (χ0) is 14.8. The highest BCUT2D eigenvalue weighted by atomic mass is 79.9. The second-order valence-corrected chi connectivity index (χ2v) is 6.83. The Morgan fingerprint density at radius 2 is 2.00 bits per heavy atom. The molecule has 0 spiro atoms. The third-order valence-corrected chi connectivity index (χ3v) is 5.24. The fourth-order valence-corrected chi connectivity index (χ4v) is 3.37. The topological polar surface area (TPSA) is 63.7 Å². The second kappa shape index (κ2) is 5.98. The molecule has 0 aliphatic rings. The highest BCUT2D eigenvalue weighted by Crippen LogP contribution is 2.28. The number of alkyl halides is 1. The van der Waals surface area contributed by atoms with Crippen molar-refractivity contribution in [2.24, 2.45) is 0 Å². The number of hydrogen-bond donors (Lipinski definition) is 0. The average Bonchev–Trinajstić information content (AvgIpc) is 2.36. The van der Waals surface area contributed by atoms with Gasteiger partial charge in [-0.25, -0.2) is 21.9 Å². The van der Waals surface area contributed by atoms with Crippen molar-refractivity contribution >= 4 is 31.9 Å². The number of sulfonamides is 1. The lowest BCUT2D eigenvalue weighted by molar-refractivity contribution is 0.0598. The van der Waals surface area contributed by atoms with E-state index in [4.69, 9.17) is 0 Å². The lowest BCUT2D eigenvalue weighted by Gasteiger charge is -2.15. The van der Waals surface area contributed by atoms with Gasteiger partial charge in [-0.15, -0.1) is 0 Å². The van der Waals surface area contributed by atoms with E-state index in [1.54, 1.807) is 0 Å². The molecule has 0 aliphatic carbocycles. The van der Waals surface area contributed by atoms with E-state index in [2.05, 4.69) is 20.7 Å². The third kappa shape index (κ3) is 3.13. The van der Waals surface area contributed by atoms with Crippen LogP contribution in [0.4, 0.5) is 4.39 Å². The molecule has 0 heterocycles. The van der Waals surface area contributed by atoms with E-state index in [0.717, 1.165) is 17.5 Å². The molecule has 0 radical (unpaired) electrons. The van der Waals surface area contributed by atoms with Crippen LogP contribution < -0.4 is 0 Å². The molecule has 0 N–H and O–H groups in total. The zero-order valence-corrected chi connectivity index (χ0v) is 13.0. The Kier molecular flexibility index (Phi) is 5.05. The van der Waals surface area contributed by atoms with Gasteiger partial charge in [-0.05, 0) is 33.6 Å². The highest BCUT2D eigenvalue weighted by Gasteiger charge is 2.24. The Morgan fingerprint density at radius 1 is 1.42 bits per heavy atom. The Labute approximate surface area is 119 Å². The fraction of sp³-hybridized carbons (Fsp3) is 0.364. The van der Waals surface area contributed by atoms with Gasteiger partial charge in [0.2, 0.25) is 10.0 Å². The fourth-order valence-electron chi connectivity index (χ4n) is 1.40. The standard InChI is InChI=1S/C11H13BrFNO4S/c1-14(2)19(16,17)10-5-8(11(15)18-3)7(6-13)4-9(10)12/h4-5H,6H2,1-3H3. The minimum atomic E-state index is -3.74. The number of hydrogen-bond acceptors (Lipinski definition) is 4. The summed E-state index contributed by atoms with van der Waals surface area (Å²) in [6.45, 7) is -0.897. The number of nitrogens with zero attached hydrogens (tertiary/aromatic N) is 1. The Hall–Kier alpha value is -0.990. The molecule has 0 amide bonds. The van der Waals surface area contributed by atoms with Gasteiger partial charge in [-0.3, -0.25) is 0 Å². The van der Waals surface area contributed by atoms with Gasteiger partial charge in [-0.2, -0.15) is 0 Å². The summed E-state index contributed by atoms with van der Waals surface area (Å²) >= 11 is 3.07. The summed E-state index contributed by atoms with van der Waals surface area (Å²) in [5.41, 5.74) is -0.0370. The highest BCUT2D eigenvalue weighted by molar-refractivity contribution is 9.10. The van der Waals surface area contributed by atoms with Crippen molar-refractivity contribution in [1.29, 1.82) is 0 Å². The van der Waals surface area contributed by atoms with E-state index in [9.17, 15) is 17.6 Å². The normalized spacial score (nSPS) is 11.7.